The molecule has 1 saturated carbocycles. The zero-order chi connectivity index (χ0) is 18.5. The first-order valence-corrected chi connectivity index (χ1v) is 9.99. The molecule has 1 aromatic rings. The van der Waals surface area contributed by atoms with Crippen molar-refractivity contribution in [3.05, 3.63) is 17.8 Å². The number of pyridine rings is 1. The molecule has 2 aliphatic heterocycles. The number of amides is 1. The summed E-state index contributed by atoms with van der Waals surface area (Å²) < 4.78 is 32.2. The van der Waals surface area contributed by atoms with Gasteiger partial charge in [-0.15, -0.1) is 11.8 Å². The quantitative estimate of drug-likeness (QED) is 0.818. The van der Waals surface area contributed by atoms with Gasteiger partial charge in [-0.05, 0) is 36.8 Å². The number of halogens is 2. The number of carbonyl (C=O) groups is 1. The molecule has 3 aliphatic rings. The van der Waals surface area contributed by atoms with Crippen LogP contribution in [0.2, 0.25) is 0 Å². The van der Waals surface area contributed by atoms with Gasteiger partial charge in [-0.2, -0.15) is 0 Å². The highest BCUT2D eigenvalue weighted by Crippen LogP contribution is 2.40. The number of carbonyl (C=O) groups excluding carboxylic acids is 1. The second-order valence-electron chi connectivity index (χ2n) is 7.58. The molecule has 3 fully saturated rings. The molecule has 4 rings (SSSR count). The molecular formula is C18H23F2N3O2S. The van der Waals surface area contributed by atoms with Crippen molar-refractivity contribution >= 4 is 23.4 Å². The van der Waals surface area contributed by atoms with Gasteiger partial charge in [0.25, 0.3) is 11.8 Å². The van der Waals surface area contributed by atoms with Gasteiger partial charge in [0.15, 0.2) is 0 Å². The van der Waals surface area contributed by atoms with Crippen LogP contribution < -0.4 is 15.0 Å². The van der Waals surface area contributed by atoms with Gasteiger partial charge in [-0.25, -0.2) is 13.8 Å². The molecule has 0 spiro atoms. The van der Waals surface area contributed by atoms with Gasteiger partial charge in [0.1, 0.15) is 11.4 Å². The SMILES string of the molecule is C[C@@H]1C(NC(=O)c2ccc(N3CC(F)(F)C3)c(OCC3CC3)n2)S[C@@H]1C. The highest BCUT2D eigenvalue weighted by atomic mass is 32.2. The number of hydrogen-bond donors (Lipinski definition) is 1. The Kier molecular flexibility index (Phi) is 4.49. The van der Waals surface area contributed by atoms with Crippen molar-refractivity contribution in [3.8, 4) is 5.88 Å². The van der Waals surface area contributed by atoms with E-state index < -0.39 is 5.92 Å². The minimum absolute atomic E-state index is 0.0869. The molecular weight excluding hydrogens is 360 g/mol. The van der Waals surface area contributed by atoms with E-state index in [-0.39, 0.29) is 35.9 Å². The molecule has 5 nitrogen and oxygen atoms in total. The Morgan fingerprint density at radius 1 is 1.38 bits per heavy atom. The highest BCUT2D eigenvalue weighted by Gasteiger charge is 2.45. The van der Waals surface area contributed by atoms with E-state index in [0.717, 1.165) is 12.8 Å². The second kappa shape index (κ2) is 6.55. The zero-order valence-corrected chi connectivity index (χ0v) is 15.7. The van der Waals surface area contributed by atoms with E-state index in [2.05, 4.69) is 24.1 Å². The summed E-state index contributed by atoms with van der Waals surface area (Å²) in [5.74, 6) is -1.72. The third-order valence-corrected chi connectivity index (χ3v) is 6.96. The lowest BCUT2D eigenvalue weighted by molar-refractivity contribution is -0.0265. The third-order valence-electron chi connectivity index (χ3n) is 5.26. The number of rotatable bonds is 6. The molecule has 2 saturated heterocycles. The number of ether oxygens (including phenoxy) is 1. The Labute approximate surface area is 155 Å². The van der Waals surface area contributed by atoms with Crippen molar-refractivity contribution < 1.29 is 18.3 Å². The average molecular weight is 383 g/mol. The van der Waals surface area contributed by atoms with Crippen molar-refractivity contribution in [1.29, 1.82) is 0 Å². The first-order chi connectivity index (χ1) is 12.3. The zero-order valence-electron chi connectivity index (χ0n) is 14.9. The number of anilines is 1. The molecule has 0 bridgehead atoms. The summed E-state index contributed by atoms with van der Waals surface area (Å²) in [6, 6.07) is 3.25. The molecule has 3 heterocycles. The lowest BCUT2D eigenvalue weighted by Crippen LogP contribution is -2.56. The summed E-state index contributed by atoms with van der Waals surface area (Å²) in [7, 11) is 0. The number of aromatic nitrogens is 1. The number of hydrogen-bond acceptors (Lipinski definition) is 5. The lowest BCUT2D eigenvalue weighted by Gasteiger charge is -2.41. The first-order valence-electron chi connectivity index (χ1n) is 9.05. The van der Waals surface area contributed by atoms with Crippen LogP contribution in [-0.4, -0.2) is 47.1 Å². The number of thioether (sulfide) groups is 1. The van der Waals surface area contributed by atoms with E-state index in [4.69, 9.17) is 4.74 Å². The summed E-state index contributed by atoms with van der Waals surface area (Å²) in [6.45, 7) is 4.08. The number of alkyl halides is 2. The summed E-state index contributed by atoms with van der Waals surface area (Å²) in [5, 5.41) is 3.60. The van der Waals surface area contributed by atoms with Crippen LogP contribution in [0.3, 0.4) is 0 Å². The van der Waals surface area contributed by atoms with Gasteiger partial charge >= 0.3 is 0 Å². The van der Waals surface area contributed by atoms with Crippen LogP contribution in [0.1, 0.15) is 37.2 Å². The minimum atomic E-state index is -2.67. The van der Waals surface area contributed by atoms with Crippen molar-refractivity contribution in [1.82, 2.24) is 10.3 Å². The predicted octanol–water partition coefficient (Wildman–Crippen LogP) is 3.15. The third kappa shape index (κ3) is 3.61. The van der Waals surface area contributed by atoms with Crippen LogP contribution in [0.4, 0.5) is 14.5 Å². The minimum Gasteiger partial charge on any atom is -0.476 e. The fourth-order valence-electron chi connectivity index (χ4n) is 3.07. The molecule has 1 unspecified atom stereocenters. The molecule has 1 N–H and O–H groups in total. The van der Waals surface area contributed by atoms with E-state index in [9.17, 15) is 13.6 Å². The topological polar surface area (TPSA) is 54.5 Å². The van der Waals surface area contributed by atoms with Gasteiger partial charge in [-0.3, -0.25) is 4.79 Å². The second-order valence-corrected chi connectivity index (χ2v) is 9.11. The summed E-state index contributed by atoms with van der Waals surface area (Å²) in [5.41, 5.74) is 0.798. The Hall–Kier alpha value is -1.57. The van der Waals surface area contributed by atoms with Crippen LogP contribution >= 0.6 is 11.8 Å². The maximum atomic E-state index is 13.2. The van der Waals surface area contributed by atoms with Crippen molar-refractivity contribution in [2.45, 2.75) is 43.2 Å². The molecule has 1 amide bonds. The van der Waals surface area contributed by atoms with Crippen LogP contribution in [0.15, 0.2) is 12.1 Å². The molecule has 142 valence electrons. The largest absolute Gasteiger partial charge is 0.476 e. The number of nitrogens with zero attached hydrogens (tertiary/aromatic N) is 2. The van der Waals surface area contributed by atoms with E-state index in [1.807, 2.05) is 0 Å². The van der Waals surface area contributed by atoms with Crippen LogP contribution in [0.25, 0.3) is 0 Å². The normalized spacial score (nSPS) is 29.5. The maximum absolute atomic E-state index is 13.2. The maximum Gasteiger partial charge on any atom is 0.282 e. The highest BCUT2D eigenvalue weighted by molar-refractivity contribution is 8.01. The van der Waals surface area contributed by atoms with E-state index in [1.165, 1.54) is 0 Å². The number of nitrogens with one attached hydrogen (secondary N) is 1. The van der Waals surface area contributed by atoms with Gasteiger partial charge in [0.2, 0.25) is 5.88 Å². The monoisotopic (exact) mass is 383 g/mol. The molecule has 3 atom stereocenters. The molecule has 0 aromatic carbocycles. The lowest BCUT2D eigenvalue weighted by atomic mass is 10.1. The molecule has 26 heavy (non-hydrogen) atoms. The average Bonchev–Trinajstić information content (AvgIpc) is 3.41. The summed E-state index contributed by atoms with van der Waals surface area (Å²) in [4.78, 5) is 18.4. The molecule has 8 heteroatoms. The summed E-state index contributed by atoms with van der Waals surface area (Å²) in [6.07, 6.45) is 2.23. The van der Waals surface area contributed by atoms with Crippen molar-refractivity contribution in [2.24, 2.45) is 11.8 Å². The van der Waals surface area contributed by atoms with Crippen LogP contribution in [0, 0.1) is 11.8 Å². The fraction of sp³-hybridized carbons (Fsp3) is 0.667. The molecule has 1 aromatic heterocycles. The smallest absolute Gasteiger partial charge is 0.282 e. The van der Waals surface area contributed by atoms with Crippen molar-refractivity contribution in [2.75, 3.05) is 24.6 Å². The first kappa shape index (κ1) is 17.8. The Balaban J connectivity index is 1.48. The Morgan fingerprint density at radius 2 is 2.12 bits per heavy atom. The van der Waals surface area contributed by atoms with Gasteiger partial charge in [-0.1, -0.05) is 13.8 Å². The van der Waals surface area contributed by atoms with Gasteiger partial charge in [0.05, 0.1) is 25.1 Å². The summed E-state index contributed by atoms with van der Waals surface area (Å²) >= 11 is 1.72. The molecule has 0 radical (unpaired) electrons. The fourth-order valence-corrected chi connectivity index (χ4v) is 4.33. The Morgan fingerprint density at radius 3 is 2.69 bits per heavy atom. The van der Waals surface area contributed by atoms with Gasteiger partial charge in [0, 0.05) is 5.25 Å². The van der Waals surface area contributed by atoms with E-state index >= 15 is 0 Å². The van der Waals surface area contributed by atoms with Crippen LogP contribution in [-0.2, 0) is 0 Å². The van der Waals surface area contributed by atoms with Crippen LogP contribution in [0.5, 0.6) is 5.88 Å². The van der Waals surface area contributed by atoms with E-state index in [0.29, 0.717) is 29.4 Å². The van der Waals surface area contributed by atoms with Gasteiger partial charge < -0.3 is 15.0 Å². The standard InChI is InChI=1S/C18H23F2N3O2S/c1-10-11(2)26-17(10)22-15(24)13-5-6-14(23-8-18(19,20)9-23)16(21-13)25-7-12-3-4-12/h5-6,10-12,17H,3-4,7-9H2,1-2H3,(H,22,24)/t10-,11+,17?/m0/s1. The molecule has 1 aliphatic carbocycles. The Bertz CT molecular complexity index is 706. The van der Waals surface area contributed by atoms with E-state index in [1.54, 1.807) is 28.8 Å². The predicted molar refractivity (Wildman–Crippen MR) is 97.1 cm³/mol. The van der Waals surface area contributed by atoms with Crippen molar-refractivity contribution in [3.63, 3.8) is 0 Å².